The predicted octanol–water partition coefficient (Wildman–Crippen LogP) is 4.57. The monoisotopic (exact) mass is 438 g/mol. The number of halogens is 4. The highest BCUT2D eigenvalue weighted by atomic mass is 19.4. The second kappa shape index (κ2) is 9.47. The van der Waals surface area contributed by atoms with E-state index in [1.54, 1.807) is 18.2 Å². The molecule has 2 aliphatic carbocycles. The average Bonchev–Trinajstić information content (AvgIpc) is 3.61. The van der Waals surface area contributed by atoms with Gasteiger partial charge in [-0.15, -0.1) is 0 Å². The second-order valence-corrected chi connectivity index (χ2v) is 7.69. The van der Waals surface area contributed by atoms with Crippen molar-refractivity contribution in [3.05, 3.63) is 65.5 Å². The van der Waals surface area contributed by atoms with Crippen LogP contribution in [0.5, 0.6) is 0 Å². The number of carbonyl (C=O) groups is 2. The van der Waals surface area contributed by atoms with Gasteiger partial charge >= 0.3 is 12.1 Å². The van der Waals surface area contributed by atoms with Gasteiger partial charge in [0, 0.05) is 23.2 Å². The molecule has 0 aromatic heterocycles. The molecule has 2 aliphatic rings. The minimum Gasteiger partial charge on any atom is -0.475 e. The zero-order valence-electron chi connectivity index (χ0n) is 16.5. The second-order valence-electron chi connectivity index (χ2n) is 7.69. The summed E-state index contributed by atoms with van der Waals surface area (Å²) < 4.78 is 45.0. The molecule has 2 unspecified atom stereocenters. The zero-order chi connectivity index (χ0) is 22.6. The van der Waals surface area contributed by atoms with E-state index in [1.165, 1.54) is 30.5 Å². The quantitative estimate of drug-likeness (QED) is 0.578. The molecule has 0 spiro atoms. The van der Waals surface area contributed by atoms with E-state index in [2.05, 4.69) is 16.7 Å². The Kier molecular flexibility index (Phi) is 6.94. The van der Waals surface area contributed by atoms with Crippen molar-refractivity contribution in [3.8, 4) is 0 Å². The van der Waals surface area contributed by atoms with Gasteiger partial charge in [-0.25, -0.2) is 9.18 Å². The Hall–Kier alpha value is -2.94. The number of amides is 1. The molecule has 2 fully saturated rings. The van der Waals surface area contributed by atoms with E-state index in [4.69, 9.17) is 9.90 Å². The van der Waals surface area contributed by atoms with Crippen molar-refractivity contribution in [3.63, 3.8) is 0 Å². The Morgan fingerprint density at radius 1 is 1.06 bits per heavy atom. The summed E-state index contributed by atoms with van der Waals surface area (Å²) >= 11 is 0. The topological polar surface area (TPSA) is 78.4 Å². The first kappa shape index (κ1) is 22.7. The molecule has 31 heavy (non-hydrogen) atoms. The van der Waals surface area contributed by atoms with Crippen LogP contribution in [0, 0.1) is 11.7 Å². The highest BCUT2D eigenvalue weighted by Gasteiger charge is 2.39. The first-order valence-corrected chi connectivity index (χ1v) is 9.84. The highest BCUT2D eigenvalue weighted by molar-refractivity contribution is 6.04. The summed E-state index contributed by atoms with van der Waals surface area (Å²) in [5.74, 6) is -1.93. The molecule has 2 atom stereocenters. The number of hydrogen-bond donors (Lipinski definition) is 3. The van der Waals surface area contributed by atoms with E-state index in [0.29, 0.717) is 23.2 Å². The Balaban J connectivity index is 0.000000339. The Labute approximate surface area is 176 Å². The van der Waals surface area contributed by atoms with Crippen LogP contribution in [0.1, 0.15) is 41.1 Å². The molecule has 0 bridgehead atoms. The third-order valence-electron chi connectivity index (χ3n) is 5.06. The minimum absolute atomic E-state index is 0.203. The molecular formula is C22H22F4N2O3. The van der Waals surface area contributed by atoms with Crippen molar-refractivity contribution in [1.82, 2.24) is 5.32 Å². The van der Waals surface area contributed by atoms with Gasteiger partial charge in [0.05, 0.1) is 0 Å². The predicted molar refractivity (Wildman–Crippen MR) is 106 cm³/mol. The number of aliphatic carboxylic acids is 1. The Morgan fingerprint density at radius 2 is 1.74 bits per heavy atom. The lowest BCUT2D eigenvalue weighted by atomic mass is 10.1. The number of benzene rings is 2. The normalized spacial score (nSPS) is 19.7. The van der Waals surface area contributed by atoms with Crippen molar-refractivity contribution in [2.45, 2.75) is 37.4 Å². The lowest BCUT2D eigenvalue weighted by Gasteiger charge is -2.08. The van der Waals surface area contributed by atoms with Gasteiger partial charge in [0.15, 0.2) is 0 Å². The fourth-order valence-electron chi connectivity index (χ4n) is 3.11. The number of rotatable bonds is 6. The van der Waals surface area contributed by atoms with Crippen LogP contribution in [0.3, 0.4) is 0 Å². The molecule has 9 heteroatoms. The summed E-state index contributed by atoms with van der Waals surface area (Å²) in [6.07, 6.45) is -1.22. The molecule has 0 radical (unpaired) electrons. The number of alkyl halides is 3. The van der Waals surface area contributed by atoms with Crippen molar-refractivity contribution >= 4 is 17.6 Å². The molecule has 166 valence electrons. The lowest BCUT2D eigenvalue weighted by molar-refractivity contribution is -0.192. The summed E-state index contributed by atoms with van der Waals surface area (Å²) in [4.78, 5) is 21.3. The van der Waals surface area contributed by atoms with Crippen LogP contribution < -0.4 is 10.6 Å². The van der Waals surface area contributed by atoms with Crippen LogP contribution in [0.4, 0.5) is 23.2 Å². The van der Waals surface area contributed by atoms with Crippen LogP contribution >= 0.6 is 0 Å². The number of carboxylic acids is 1. The number of carbonyl (C=O) groups excluding carboxylic acids is 1. The van der Waals surface area contributed by atoms with E-state index in [9.17, 15) is 22.4 Å². The largest absolute Gasteiger partial charge is 0.490 e. The van der Waals surface area contributed by atoms with Crippen molar-refractivity contribution in [2.24, 2.45) is 5.92 Å². The van der Waals surface area contributed by atoms with Crippen LogP contribution in [-0.4, -0.2) is 35.7 Å². The van der Waals surface area contributed by atoms with Crippen molar-refractivity contribution in [1.29, 1.82) is 0 Å². The standard InChI is InChI=1S/C20H21FN2O.C2HF3O2/c21-16-5-2-6-17(10-16)23-20(24)15-4-1-3-14(9-15)18-11-19(18)22-12-13-7-8-13;3-2(4,5)1(6)7/h1-6,9-10,13,18-19,22H,7-8,11-12H2,(H,23,24);(H,6,7). The maximum atomic E-state index is 13.2. The van der Waals surface area contributed by atoms with Crippen LogP contribution in [0.2, 0.25) is 0 Å². The molecule has 1 amide bonds. The smallest absolute Gasteiger partial charge is 0.475 e. The van der Waals surface area contributed by atoms with Crippen LogP contribution in [0.25, 0.3) is 0 Å². The van der Waals surface area contributed by atoms with Crippen LogP contribution in [-0.2, 0) is 4.79 Å². The number of nitrogens with one attached hydrogen (secondary N) is 2. The van der Waals surface area contributed by atoms with E-state index in [1.807, 2.05) is 12.1 Å². The third kappa shape index (κ3) is 7.06. The Bertz CT molecular complexity index is 944. The van der Waals surface area contributed by atoms with Gasteiger partial charge in [-0.3, -0.25) is 4.79 Å². The molecule has 2 aromatic carbocycles. The van der Waals surface area contributed by atoms with E-state index in [-0.39, 0.29) is 11.7 Å². The molecule has 3 N–H and O–H groups in total. The first-order chi connectivity index (χ1) is 14.6. The summed E-state index contributed by atoms with van der Waals surface area (Å²) in [7, 11) is 0. The average molecular weight is 438 g/mol. The summed E-state index contributed by atoms with van der Waals surface area (Å²) in [5, 5.41) is 13.5. The van der Waals surface area contributed by atoms with Crippen molar-refractivity contribution in [2.75, 3.05) is 11.9 Å². The maximum absolute atomic E-state index is 13.2. The van der Waals surface area contributed by atoms with Gasteiger partial charge in [-0.2, -0.15) is 13.2 Å². The van der Waals surface area contributed by atoms with E-state index >= 15 is 0 Å². The molecule has 5 nitrogen and oxygen atoms in total. The van der Waals surface area contributed by atoms with Crippen LogP contribution in [0.15, 0.2) is 48.5 Å². The third-order valence-corrected chi connectivity index (χ3v) is 5.06. The van der Waals surface area contributed by atoms with E-state index in [0.717, 1.165) is 18.9 Å². The minimum atomic E-state index is -5.08. The van der Waals surface area contributed by atoms with Gasteiger partial charge in [0.25, 0.3) is 5.91 Å². The van der Waals surface area contributed by atoms with Gasteiger partial charge in [-0.1, -0.05) is 18.2 Å². The zero-order valence-corrected chi connectivity index (χ0v) is 16.5. The number of hydrogen-bond acceptors (Lipinski definition) is 3. The SMILES string of the molecule is O=C(Nc1cccc(F)c1)c1cccc(C2CC2NCC2CC2)c1.O=C(O)C(F)(F)F. The molecule has 4 rings (SSSR count). The number of anilines is 1. The molecule has 0 aliphatic heterocycles. The number of carboxylic acid groups (broad SMARTS) is 1. The lowest BCUT2D eigenvalue weighted by Crippen LogP contribution is -2.21. The summed E-state index contributed by atoms with van der Waals surface area (Å²) in [5.41, 5.74) is 2.29. The van der Waals surface area contributed by atoms with Gasteiger partial charge in [0.2, 0.25) is 0 Å². The van der Waals surface area contributed by atoms with Gasteiger partial charge in [0.1, 0.15) is 5.82 Å². The maximum Gasteiger partial charge on any atom is 0.490 e. The van der Waals surface area contributed by atoms with E-state index < -0.39 is 12.1 Å². The summed E-state index contributed by atoms with van der Waals surface area (Å²) in [6, 6.07) is 14.3. The molecule has 0 saturated heterocycles. The van der Waals surface area contributed by atoms with Gasteiger partial charge in [-0.05, 0) is 67.6 Å². The molecular weight excluding hydrogens is 416 g/mol. The molecule has 2 saturated carbocycles. The molecule has 2 aromatic rings. The highest BCUT2D eigenvalue weighted by Crippen LogP contribution is 2.41. The van der Waals surface area contributed by atoms with Gasteiger partial charge < -0.3 is 15.7 Å². The molecule has 0 heterocycles. The van der Waals surface area contributed by atoms with Crippen molar-refractivity contribution < 1.29 is 32.3 Å². The summed E-state index contributed by atoms with van der Waals surface area (Å²) in [6.45, 7) is 1.13. The fourth-order valence-corrected chi connectivity index (χ4v) is 3.11. The Morgan fingerprint density at radius 3 is 2.35 bits per heavy atom. The first-order valence-electron chi connectivity index (χ1n) is 9.84. The fraction of sp³-hybridized carbons (Fsp3) is 0.364.